The van der Waals surface area contributed by atoms with Gasteiger partial charge in [-0.25, -0.2) is 4.98 Å². The number of benzene rings is 4. The van der Waals surface area contributed by atoms with Crippen LogP contribution in [0.15, 0.2) is 101 Å². The molecule has 1 fully saturated rings. The van der Waals surface area contributed by atoms with E-state index < -0.39 is 18.4 Å². The van der Waals surface area contributed by atoms with Crippen LogP contribution in [0.2, 0.25) is 0 Å². The maximum absolute atomic E-state index is 12.4. The molecule has 8 nitrogen and oxygen atoms in total. The monoisotopic (exact) mass is 668 g/mol. The highest BCUT2D eigenvalue weighted by Gasteiger charge is 2.32. The zero-order valence-electron chi connectivity index (χ0n) is 26.1. The Balaban J connectivity index is 1.18. The van der Waals surface area contributed by atoms with Gasteiger partial charge in [-0.3, -0.25) is 9.59 Å². The van der Waals surface area contributed by atoms with Crippen LogP contribution in [-0.4, -0.2) is 39.9 Å². The summed E-state index contributed by atoms with van der Waals surface area (Å²) in [5.41, 5.74) is 6.72. The highest BCUT2D eigenvalue weighted by atomic mass is 32.2. The molecule has 1 aliphatic rings. The molecule has 6 rings (SSSR count). The number of thioether (sulfide) groups is 1. The number of aliphatic hydroxyl groups is 1. The second kappa shape index (κ2) is 15.2. The van der Waals surface area contributed by atoms with Crippen molar-refractivity contribution in [1.82, 2.24) is 10.3 Å². The first kappa shape index (κ1) is 32.9. The molecular formula is C37H36N2O6S2. The van der Waals surface area contributed by atoms with Crippen LogP contribution in [0.5, 0.6) is 0 Å². The third-order valence-corrected chi connectivity index (χ3v) is 10.3. The fraction of sp³-hybridized carbons (Fsp3) is 0.270. The highest BCUT2D eigenvalue weighted by Crippen LogP contribution is 2.40. The molecule has 2 N–H and O–H groups in total. The predicted octanol–water partition coefficient (Wildman–Crippen LogP) is 7.36. The van der Waals surface area contributed by atoms with Gasteiger partial charge in [0, 0.05) is 31.2 Å². The van der Waals surface area contributed by atoms with Gasteiger partial charge >= 0.3 is 5.97 Å². The van der Waals surface area contributed by atoms with E-state index in [1.165, 1.54) is 11.6 Å². The van der Waals surface area contributed by atoms with Gasteiger partial charge in [0.2, 0.25) is 0 Å². The van der Waals surface area contributed by atoms with E-state index >= 15 is 0 Å². The van der Waals surface area contributed by atoms with Crippen LogP contribution in [0, 0.1) is 0 Å². The predicted molar refractivity (Wildman–Crippen MR) is 184 cm³/mol. The molecule has 0 spiro atoms. The third kappa shape index (κ3) is 8.27. The summed E-state index contributed by atoms with van der Waals surface area (Å²) in [6.45, 7) is 3.12. The summed E-state index contributed by atoms with van der Waals surface area (Å²) in [7, 11) is 0. The van der Waals surface area contributed by atoms with Gasteiger partial charge in [-0.05, 0) is 46.9 Å². The van der Waals surface area contributed by atoms with Crippen LogP contribution < -0.4 is 5.32 Å². The lowest BCUT2D eigenvalue weighted by Gasteiger charge is -2.36. The van der Waals surface area contributed by atoms with Gasteiger partial charge in [-0.1, -0.05) is 96.7 Å². The molecule has 0 saturated carbocycles. The van der Waals surface area contributed by atoms with Crippen molar-refractivity contribution < 1.29 is 28.9 Å². The van der Waals surface area contributed by atoms with Crippen molar-refractivity contribution in [3.63, 3.8) is 0 Å². The number of hydrogen-bond donors (Lipinski definition) is 2. The summed E-state index contributed by atoms with van der Waals surface area (Å²) < 4.78 is 20.3. The topological polar surface area (TPSA) is 107 Å². The summed E-state index contributed by atoms with van der Waals surface area (Å²) in [4.78, 5) is 28.5. The van der Waals surface area contributed by atoms with Crippen LogP contribution in [-0.2, 0) is 37.0 Å². The maximum Gasteiger partial charge on any atom is 0.303 e. The van der Waals surface area contributed by atoms with E-state index in [9.17, 15) is 14.7 Å². The van der Waals surface area contributed by atoms with Crippen LogP contribution in [0.1, 0.15) is 54.9 Å². The Morgan fingerprint density at radius 1 is 0.979 bits per heavy atom. The number of fused-ring (bicyclic) bond motifs is 1. The minimum atomic E-state index is -0.866. The smallest absolute Gasteiger partial charge is 0.303 e. The van der Waals surface area contributed by atoms with Crippen molar-refractivity contribution in [3.8, 4) is 11.1 Å². The lowest BCUT2D eigenvalue weighted by molar-refractivity contribution is -0.245. The quantitative estimate of drug-likeness (QED) is 0.111. The van der Waals surface area contributed by atoms with Gasteiger partial charge in [-0.15, -0.1) is 11.3 Å². The first-order valence-corrected chi connectivity index (χ1v) is 17.3. The van der Waals surface area contributed by atoms with Gasteiger partial charge in [0.1, 0.15) is 0 Å². The van der Waals surface area contributed by atoms with E-state index in [4.69, 9.17) is 19.2 Å². The number of amides is 1. The number of nitrogens with one attached hydrogen (secondary N) is 1. The van der Waals surface area contributed by atoms with Crippen LogP contribution >= 0.6 is 23.1 Å². The van der Waals surface area contributed by atoms with Gasteiger partial charge in [0.15, 0.2) is 16.7 Å². The first-order valence-electron chi connectivity index (χ1n) is 15.5. The van der Waals surface area contributed by atoms with Crippen molar-refractivity contribution in [2.75, 3.05) is 5.75 Å². The van der Waals surface area contributed by atoms with E-state index in [-0.39, 0.29) is 24.7 Å². The number of aliphatic hydroxyl groups excluding tert-OH is 1. The molecule has 47 heavy (non-hydrogen) atoms. The fourth-order valence-electron chi connectivity index (χ4n) is 5.50. The summed E-state index contributed by atoms with van der Waals surface area (Å²) in [5, 5.41) is 12.4. The number of rotatable bonds is 11. The number of thiazole rings is 1. The SMILES string of the molecule is CC(=O)O[C@@H](C)C(=O)NCc1ccccc1-c1ccc([C@@H]2O[C@H](CSc3nc4ccccc4s3)C[C@H](c3ccc(CO)cc3)O2)cc1. The molecule has 0 unspecified atom stereocenters. The highest BCUT2D eigenvalue weighted by molar-refractivity contribution is 8.01. The molecule has 10 heteroatoms. The zero-order valence-corrected chi connectivity index (χ0v) is 27.8. The average Bonchev–Trinajstić information content (AvgIpc) is 3.53. The second-order valence-corrected chi connectivity index (χ2v) is 13.7. The maximum atomic E-state index is 12.4. The summed E-state index contributed by atoms with van der Waals surface area (Å²) >= 11 is 3.40. The number of ether oxygens (including phenoxy) is 3. The lowest BCUT2D eigenvalue weighted by atomic mass is 9.97. The first-order chi connectivity index (χ1) is 22.9. The average molecular weight is 669 g/mol. The van der Waals surface area contributed by atoms with Crippen LogP contribution in [0.25, 0.3) is 21.3 Å². The van der Waals surface area contributed by atoms with E-state index in [2.05, 4.69) is 11.4 Å². The number of hydrogen-bond acceptors (Lipinski definition) is 9. The van der Waals surface area contributed by atoms with Crippen LogP contribution in [0.3, 0.4) is 0 Å². The molecule has 0 radical (unpaired) electrons. The van der Waals surface area contributed by atoms with Crippen molar-refractivity contribution in [1.29, 1.82) is 0 Å². The fourth-order valence-corrected chi connectivity index (χ4v) is 7.62. The molecular weight excluding hydrogens is 633 g/mol. The third-order valence-electron chi connectivity index (χ3n) is 7.96. The van der Waals surface area contributed by atoms with Gasteiger partial charge in [-0.2, -0.15) is 0 Å². The van der Waals surface area contributed by atoms with E-state index in [0.29, 0.717) is 13.0 Å². The Hall–Kier alpha value is -4.06. The molecule has 1 aliphatic heterocycles. The minimum Gasteiger partial charge on any atom is -0.453 e. The van der Waals surface area contributed by atoms with Crippen molar-refractivity contribution in [2.45, 2.75) is 62.4 Å². The molecule has 0 bridgehead atoms. The Morgan fingerprint density at radius 3 is 2.45 bits per heavy atom. The molecule has 1 saturated heterocycles. The normalized spacial score (nSPS) is 18.5. The standard InChI is InChI=1S/C37H36N2O6S2/c1-23(43-24(2)41)35(42)38-20-29-7-3-4-8-31(29)26-15-17-28(18-16-26)36-44-30(19-33(45-36)27-13-11-25(21-40)12-14-27)22-46-37-39-32-9-5-6-10-34(32)47-37/h3-18,23,30,33,36,40H,19-22H2,1-2H3,(H,38,42)/t23-,30-,33+,36+/m0/s1. The van der Waals surface area contributed by atoms with Crippen molar-refractivity contribution in [3.05, 3.63) is 119 Å². The molecule has 1 amide bonds. The van der Waals surface area contributed by atoms with E-state index in [1.54, 1.807) is 30.0 Å². The Kier molecular flexibility index (Phi) is 10.6. The Bertz CT molecular complexity index is 1790. The molecule has 0 aliphatic carbocycles. The van der Waals surface area contributed by atoms with Crippen molar-refractivity contribution >= 4 is 45.2 Å². The number of esters is 1. The second-order valence-electron chi connectivity index (χ2n) is 11.4. The van der Waals surface area contributed by atoms with Gasteiger partial charge in [0.25, 0.3) is 5.91 Å². The molecule has 2 heterocycles. The molecule has 1 aromatic heterocycles. The molecule has 4 atom stereocenters. The number of para-hydroxylation sites is 1. The van der Waals surface area contributed by atoms with Gasteiger partial charge in [0.05, 0.1) is 29.0 Å². The van der Waals surface area contributed by atoms with E-state index in [1.807, 2.05) is 91.0 Å². The summed E-state index contributed by atoms with van der Waals surface area (Å²) in [5.74, 6) is -0.116. The zero-order chi connectivity index (χ0) is 32.8. The van der Waals surface area contributed by atoms with Gasteiger partial charge < -0.3 is 24.6 Å². The number of aromatic nitrogens is 1. The lowest BCUT2D eigenvalue weighted by Crippen LogP contribution is -2.35. The molecule has 4 aromatic carbocycles. The number of carbonyl (C=O) groups excluding carboxylic acids is 2. The summed E-state index contributed by atoms with van der Waals surface area (Å²) in [6.07, 6.45) is -1.000. The largest absolute Gasteiger partial charge is 0.453 e. The summed E-state index contributed by atoms with van der Waals surface area (Å²) in [6, 6.07) is 32.0. The number of nitrogens with zero attached hydrogens (tertiary/aromatic N) is 1. The Labute approximate surface area is 282 Å². The Morgan fingerprint density at radius 2 is 1.70 bits per heavy atom. The number of carbonyl (C=O) groups is 2. The molecule has 5 aromatic rings. The molecule has 242 valence electrons. The van der Waals surface area contributed by atoms with E-state index in [0.717, 1.165) is 49.0 Å². The minimum absolute atomic E-state index is 0.00573. The van der Waals surface area contributed by atoms with Crippen LogP contribution in [0.4, 0.5) is 0 Å². The van der Waals surface area contributed by atoms with Crippen molar-refractivity contribution in [2.24, 2.45) is 0 Å².